The van der Waals surface area contributed by atoms with E-state index in [0.29, 0.717) is 19.6 Å². The fraction of sp³-hybridized carbons (Fsp3) is 0.889. The highest BCUT2D eigenvalue weighted by atomic mass is 32.2. The normalized spacial score (nSPS) is 11.8. The van der Waals surface area contributed by atoms with Crippen LogP contribution in [0.2, 0.25) is 0 Å². The van der Waals surface area contributed by atoms with E-state index < -0.39 is 12.1 Å². The molecular weight excluding hydrogens is 326 g/mol. The molecule has 1 amide bonds. The van der Waals surface area contributed by atoms with Gasteiger partial charge in [0.05, 0.1) is 13.2 Å². The third-order valence-electron chi connectivity index (χ3n) is 3.62. The Labute approximate surface area is 151 Å². The van der Waals surface area contributed by atoms with Crippen LogP contribution >= 0.6 is 11.8 Å². The van der Waals surface area contributed by atoms with Gasteiger partial charge in [0, 0.05) is 0 Å². The van der Waals surface area contributed by atoms with Crippen LogP contribution in [-0.2, 0) is 14.3 Å². The minimum absolute atomic E-state index is 0.355. The number of thioether (sulfide) groups is 1. The van der Waals surface area contributed by atoms with Gasteiger partial charge < -0.3 is 14.8 Å². The number of amides is 1. The van der Waals surface area contributed by atoms with E-state index in [9.17, 15) is 9.59 Å². The van der Waals surface area contributed by atoms with Gasteiger partial charge in [-0.05, 0) is 31.3 Å². The van der Waals surface area contributed by atoms with E-state index in [1.165, 1.54) is 32.1 Å². The Morgan fingerprint density at radius 3 is 2.21 bits per heavy atom. The molecule has 1 atom stereocenters. The number of carbonyl (C=O) groups excluding carboxylic acids is 2. The van der Waals surface area contributed by atoms with Gasteiger partial charge in [0.15, 0.2) is 0 Å². The van der Waals surface area contributed by atoms with Crippen molar-refractivity contribution < 1.29 is 19.1 Å². The van der Waals surface area contributed by atoms with Crippen molar-refractivity contribution in [3.63, 3.8) is 0 Å². The molecule has 0 saturated carbocycles. The maximum Gasteiger partial charge on any atom is 0.407 e. The Balaban J connectivity index is 3.96. The first kappa shape index (κ1) is 23.1. The largest absolute Gasteiger partial charge is 0.464 e. The van der Waals surface area contributed by atoms with Crippen molar-refractivity contribution in [1.82, 2.24) is 5.32 Å². The maximum atomic E-state index is 12.1. The number of alkyl carbamates (subject to hydrolysis) is 1. The summed E-state index contributed by atoms with van der Waals surface area (Å²) in [6.45, 7) is 4.91. The monoisotopic (exact) mass is 361 g/mol. The van der Waals surface area contributed by atoms with E-state index in [0.717, 1.165) is 25.0 Å². The number of rotatable bonds is 15. The predicted molar refractivity (Wildman–Crippen MR) is 101 cm³/mol. The molecular formula is C18H35NO4S. The quantitative estimate of drug-likeness (QED) is 0.343. The molecule has 0 bridgehead atoms. The fourth-order valence-electron chi connectivity index (χ4n) is 2.20. The molecule has 0 aromatic carbocycles. The van der Waals surface area contributed by atoms with Crippen molar-refractivity contribution in [1.29, 1.82) is 0 Å². The molecule has 1 N–H and O–H groups in total. The molecule has 6 heteroatoms. The lowest BCUT2D eigenvalue weighted by molar-refractivity contribution is -0.146. The highest BCUT2D eigenvalue weighted by molar-refractivity contribution is 7.98. The van der Waals surface area contributed by atoms with Crippen LogP contribution in [0.1, 0.15) is 71.6 Å². The summed E-state index contributed by atoms with van der Waals surface area (Å²) in [6, 6.07) is -0.619. The molecule has 0 saturated heterocycles. The first-order valence-corrected chi connectivity index (χ1v) is 10.6. The predicted octanol–water partition coefficient (Wildman–Crippen LogP) is 4.54. The summed E-state index contributed by atoms with van der Waals surface area (Å²) in [4.78, 5) is 23.8. The number of nitrogens with one attached hydrogen (secondary N) is 1. The summed E-state index contributed by atoms with van der Waals surface area (Å²) in [7, 11) is 0. The standard InChI is InChI=1S/C18H35NO4S/c1-4-6-7-8-9-10-11-14-22-17(20)16(12-15-24-3)19-18(21)23-13-5-2/h16H,4-15H2,1-3H3,(H,19,21)/t16-/m0/s1. The molecule has 0 unspecified atom stereocenters. The summed E-state index contributed by atoms with van der Waals surface area (Å²) < 4.78 is 10.3. The second-order valence-electron chi connectivity index (χ2n) is 5.90. The van der Waals surface area contributed by atoms with Gasteiger partial charge in [0.1, 0.15) is 6.04 Å². The first-order chi connectivity index (χ1) is 11.7. The SMILES string of the molecule is CCCCCCCCCOC(=O)[C@H](CCSC)NC(=O)OCCC. The van der Waals surface area contributed by atoms with Crippen LogP contribution in [0.5, 0.6) is 0 Å². The van der Waals surface area contributed by atoms with Crippen LogP contribution in [-0.4, -0.2) is 43.3 Å². The molecule has 0 aromatic heterocycles. The average molecular weight is 362 g/mol. The molecule has 0 rings (SSSR count). The van der Waals surface area contributed by atoms with E-state index >= 15 is 0 Å². The first-order valence-electron chi connectivity index (χ1n) is 9.24. The zero-order valence-corrected chi connectivity index (χ0v) is 16.4. The van der Waals surface area contributed by atoms with Gasteiger partial charge in [-0.3, -0.25) is 0 Å². The zero-order valence-electron chi connectivity index (χ0n) is 15.6. The Morgan fingerprint density at radius 1 is 0.917 bits per heavy atom. The van der Waals surface area contributed by atoms with Crippen molar-refractivity contribution in [3.8, 4) is 0 Å². The van der Waals surface area contributed by atoms with Crippen LogP contribution < -0.4 is 5.32 Å². The summed E-state index contributed by atoms with van der Waals surface area (Å²) in [5.74, 6) is 0.425. The lowest BCUT2D eigenvalue weighted by Crippen LogP contribution is -2.42. The van der Waals surface area contributed by atoms with Crippen LogP contribution in [0, 0.1) is 0 Å². The van der Waals surface area contributed by atoms with E-state index in [1.54, 1.807) is 11.8 Å². The second-order valence-corrected chi connectivity index (χ2v) is 6.89. The van der Waals surface area contributed by atoms with Crippen molar-refractivity contribution in [2.75, 3.05) is 25.2 Å². The molecule has 0 aliphatic carbocycles. The van der Waals surface area contributed by atoms with Crippen molar-refractivity contribution in [2.24, 2.45) is 0 Å². The van der Waals surface area contributed by atoms with Crippen LogP contribution in [0.25, 0.3) is 0 Å². The molecule has 0 heterocycles. The topological polar surface area (TPSA) is 64.6 Å². The number of hydrogen-bond acceptors (Lipinski definition) is 5. The van der Waals surface area contributed by atoms with Gasteiger partial charge in [-0.2, -0.15) is 11.8 Å². The summed E-state index contributed by atoms with van der Waals surface area (Å²) in [5, 5.41) is 2.61. The van der Waals surface area contributed by atoms with Crippen LogP contribution in [0.3, 0.4) is 0 Å². The van der Waals surface area contributed by atoms with E-state index in [-0.39, 0.29) is 5.97 Å². The van der Waals surface area contributed by atoms with E-state index in [4.69, 9.17) is 9.47 Å². The molecule has 24 heavy (non-hydrogen) atoms. The molecule has 5 nitrogen and oxygen atoms in total. The maximum absolute atomic E-state index is 12.1. The average Bonchev–Trinajstić information content (AvgIpc) is 2.58. The summed E-state index contributed by atoms with van der Waals surface area (Å²) in [5.41, 5.74) is 0. The zero-order chi connectivity index (χ0) is 18.0. The van der Waals surface area contributed by atoms with Crippen LogP contribution in [0.4, 0.5) is 4.79 Å². The third kappa shape index (κ3) is 13.5. The van der Waals surface area contributed by atoms with E-state index in [2.05, 4.69) is 12.2 Å². The smallest absolute Gasteiger partial charge is 0.407 e. The van der Waals surface area contributed by atoms with Gasteiger partial charge in [-0.25, -0.2) is 9.59 Å². The molecule has 0 radical (unpaired) electrons. The molecule has 0 aromatic rings. The number of esters is 1. The van der Waals surface area contributed by atoms with Gasteiger partial charge in [0.2, 0.25) is 0 Å². The Morgan fingerprint density at radius 2 is 1.58 bits per heavy atom. The Kier molecular flexibility index (Phi) is 16.3. The number of ether oxygens (including phenoxy) is 2. The van der Waals surface area contributed by atoms with Crippen molar-refractivity contribution in [3.05, 3.63) is 0 Å². The van der Waals surface area contributed by atoms with E-state index in [1.807, 2.05) is 13.2 Å². The van der Waals surface area contributed by atoms with Gasteiger partial charge in [-0.15, -0.1) is 0 Å². The summed E-state index contributed by atoms with van der Waals surface area (Å²) in [6.07, 6.45) is 11.0. The minimum Gasteiger partial charge on any atom is -0.464 e. The molecule has 0 aliphatic rings. The molecule has 0 spiro atoms. The number of hydrogen-bond donors (Lipinski definition) is 1. The van der Waals surface area contributed by atoms with Gasteiger partial charge in [-0.1, -0.05) is 52.4 Å². The number of carbonyl (C=O) groups is 2. The summed E-state index contributed by atoms with van der Waals surface area (Å²) >= 11 is 1.63. The molecule has 0 fully saturated rings. The van der Waals surface area contributed by atoms with Crippen molar-refractivity contribution in [2.45, 2.75) is 77.7 Å². The lowest BCUT2D eigenvalue weighted by Gasteiger charge is -2.17. The second kappa shape index (κ2) is 16.9. The highest BCUT2D eigenvalue weighted by Gasteiger charge is 2.22. The van der Waals surface area contributed by atoms with Gasteiger partial charge >= 0.3 is 12.1 Å². The molecule has 0 aliphatic heterocycles. The lowest BCUT2D eigenvalue weighted by atomic mass is 10.1. The highest BCUT2D eigenvalue weighted by Crippen LogP contribution is 2.08. The number of unbranched alkanes of at least 4 members (excludes halogenated alkanes) is 6. The van der Waals surface area contributed by atoms with Crippen molar-refractivity contribution >= 4 is 23.8 Å². The molecule has 142 valence electrons. The minimum atomic E-state index is -0.619. The Bertz CT molecular complexity index is 326. The third-order valence-corrected chi connectivity index (χ3v) is 4.26. The fourth-order valence-corrected chi connectivity index (χ4v) is 2.67. The Hall–Kier alpha value is -0.910. The van der Waals surface area contributed by atoms with Crippen LogP contribution in [0.15, 0.2) is 0 Å². The van der Waals surface area contributed by atoms with Gasteiger partial charge in [0.25, 0.3) is 0 Å².